The molecule has 1 amide bonds. The van der Waals surface area contributed by atoms with Crippen LogP contribution in [0.15, 0.2) is 60.7 Å². The third kappa shape index (κ3) is 3.59. The second-order valence-electron chi connectivity index (χ2n) is 8.12. The highest BCUT2D eigenvalue weighted by Crippen LogP contribution is 2.40. The van der Waals surface area contributed by atoms with Gasteiger partial charge in [0.1, 0.15) is 0 Å². The van der Waals surface area contributed by atoms with Crippen molar-refractivity contribution in [2.75, 3.05) is 5.32 Å². The number of amides is 1. The fourth-order valence-corrected chi connectivity index (χ4v) is 3.93. The molecule has 1 aliphatic rings. The molecule has 1 N–H and O–H groups in total. The van der Waals surface area contributed by atoms with Crippen molar-refractivity contribution < 1.29 is 4.79 Å². The van der Waals surface area contributed by atoms with E-state index in [4.69, 9.17) is 10.1 Å². The lowest BCUT2D eigenvalue weighted by molar-refractivity contribution is 0.102. The minimum absolute atomic E-state index is 0.114. The lowest BCUT2D eigenvalue weighted by Gasteiger charge is -2.10. The van der Waals surface area contributed by atoms with E-state index in [-0.39, 0.29) is 5.91 Å². The quantitative estimate of drug-likeness (QED) is 0.503. The van der Waals surface area contributed by atoms with Gasteiger partial charge in [0.25, 0.3) is 5.91 Å². The van der Waals surface area contributed by atoms with Crippen molar-refractivity contribution in [3.8, 4) is 0 Å². The van der Waals surface area contributed by atoms with Crippen molar-refractivity contribution in [3.63, 3.8) is 0 Å². The van der Waals surface area contributed by atoms with E-state index >= 15 is 0 Å². The largest absolute Gasteiger partial charge is 0.322 e. The standard InChI is InChI=1S/C25H24N4O/c1-16-7-6-10-20(13-16)26-25(30)21-14-22(19-11-12-19)27-24-23(21)17(2)28-29(24)15-18-8-4-3-5-9-18/h3-10,13-14,19H,11-12,15H2,1-2H3,(H,26,30). The zero-order valence-electron chi connectivity index (χ0n) is 17.2. The van der Waals surface area contributed by atoms with E-state index in [1.165, 1.54) is 0 Å². The Balaban J connectivity index is 1.59. The Morgan fingerprint density at radius 2 is 1.87 bits per heavy atom. The number of nitrogens with one attached hydrogen (secondary N) is 1. The Hall–Kier alpha value is -3.47. The topological polar surface area (TPSA) is 59.8 Å². The minimum Gasteiger partial charge on any atom is -0.322 e. The third-order valence-corrected chi connectivity index (χ3v) is 5.59. The highest BCUT2D eigenvalue weighted by Gasteiger charge is 2.28. The number of hydrogen-bond donors (Lipinski definition) is 1. The average Bonchev–Trinajstić information content (AvgIpc) is 3.54. The number of pyridine rings is 1. The highest BCUT2D eigenvalue weighted by atomic mass is 16.1. The Morgan fingerprint density at radius 3 is 2.60 bits per heavy atom. The Bertz CT molecular complexity index is 1240. The van der Waals surface area contributed by atoms with Crippen molar-refractivity contribution in [2.24, 2.45) is 0 Å². The molecule has 0 saturated heterocycles. The summed E-state index contributed by atoms with van der Waals surface area (Å²) in [7, 11) is 0. The van der Waals surface area contributed by atoms with Gasteiger partial charge in [-0.2, -0.15) is 5.10 Å². The summed E-state index contributed by atoms with van der Waals surface area (Å²) in [6.45, 7) is 4.60. The van der Waals surface area contributed by atoms with E-state index in [2.05, 4.69) is 17.4 Å². The Morgan fingerprint density at radius 1 is 1.07 bits per heavy atom. The lowest BCUT2D eigenvalue weighted by Crippen LogP contribution is -2.14. The Kier molecular flexibility index (Phi) is 4.58. The maximum absolute atomic E-state index is 13.3. The molecular weight excluding hydrogens is 372 g/mol. The molecule has 2 aromatic heterocycles. The Labute approximate surface area is 175 Å². The molecule has 5 heteroatoms. The van der Waals surface area contributed by atoms with Crippen LogP contribution >= 0.6 is 0 Å². The molecule has 0 spiro atoms. The number of rotatable bonds is 5. The maximum atomic E-state index is 13.3. The molecule has 1 fully saturated rings. The van der Waals surface area contributed by atoms with E-state index in [9.17, 15) is 4.79 Å². The van der Waals surface area contributed by atoms with E-state index in [0.29, 0.717) is 18.0 Å². The highest BCUT2D eigenvalue weighted by molar-refractivity contribution is 6.12. The number of carbonyl (C=O) groups excluding carboxylic acids is 1. The molecule has 30 heavy (non-hydrogen) atoms. The van der Waals surface area contributed by atoms with Crippen molar-refractivity contribution >= 4 is 22.6 Å². The van der Waals surface area contributed by atoms with Gasteiger partial charge in [-0.25, -0.2) is 9.67 Å². The molecule has 1 aliphatic carbocycles. The van der Waals surface area contributed by atoms with Gasteiger partial charge in [0.15, 0.2) is 5.65 Å². The molecule has 150 valence electrons. The van der Waals surface area contributed by atoms with E-state index < -0.39 is 0 Å². The van der Waals surface area contributed by atoms with Gasteiger partial charge in [-0.1, -0.05) is 42.5 Å². The molecular formula is C25H24N4O. The number of benzene rings is 2. The minimum atomic E-state index is -0.114. The van der Waals surface area contributed by atoms with Crippen LogP contribution in [0, 0.1) is 13.8 Å². The first-order valence-electron chi connectivity index (χ1n) is 10.4. The molecule has 0 radical (unpaired) electrons. The van der Waals surface area contributed by atoms with Gasteiger partial charge in [-0.3, -0.25) is 4.79 Å². The molecule has 5 nitrogen and oxygen atoms in total. The van der Waals surface area contributed by atoms with Crippen LogP contribution in [0.1, 0.15) is 51.6 Å². The second-order valence-corrected chi connectivity index (χ2v) is 8.12. The van der Waals surface area contributed by atoms with Crippen molar-refractivity contribution in [1.29, 1.82) is 0 Å². The zero-order valence-corrected chi connectivity index (χ0v) is 17.2. The molecule has 2 aromatic carbocycles. The fraction of sp³-hybridized carbons (Fsp3) is 0.240. The molecule has 0 aliphatic heterocycles. The van der Waals surface area contributed by atoms with E-state index in [1.807, 2.05) is 67.1 Å². The predicted octanol–water partition coefficient (Wildman–Crippen LogP) is 5.23. The monoisotopic (exact) mass is 396 g/mol. The first-order chi connectivity index (χ1) is 14.6. The van der Waals surface area contributed by atoms with Gasteiger partial charge in [0, 0.05) is 17.3 Å². The van der Waals surface area contributed by atoms with Crippen LogP contribution in [0.25, 0.3) is 11.0 Å². The average molecular weight is 396 g/mol. The number of aryl methyl sites for hydroxylation is 2. The summed E-state index contributed by atoms with van der Waals surface area (Å²) in [6, 6.07) is 20.0. The molecule has 0 unspecified atom stereocenters. The summed E-state index contributed by atoms with van der Waals surface area (Å²) in [6.07, 6.45) is 2.26. The van der Waals surface area contributed by atoms with Crippen molar-refractivity contribution in [1.82, 2.24) is 14.8 Å². The van der Waals surface area contributed by atoms with Crippen LogP contribution in [0.5, 0.6) is 0 Å². The summed E-state index contributed by atoms with van der Waals surface area (Å²) < 4.78 is 1.93. The molecule has 1 saturated carbocycles. The first kappa shape index (κ1) is 18.6. The second kappa shape index (κ2) is 7.41. The first-order valence-corrected chi connectivity index (χ1v) is 10.4. The SMILES string of the molecule is Cc1cccc(NC(=O)c2cc(C3CC3)nc3c2c(C)nn3Cc2ccccc2)c1. The molecule has 4 aromatic rings. The maximum Gasteiger partial charge on any atom is 0.256 e. The predicted molar refractivity (Wildman–Crippen MR) is 119 cm³/mol. The number of aromatic nitrogens is 3. The summed E-state index contributed by atoms with van der Waals surface area (Å²) in [4.78, 5) is 18.2. The van der Waals surface area contributed by atoms with Crippen LogP contribution in [-0.4, -0.2) is 20.7 Å². The number of anilines is 1. The molecule has 0 bridgehead atoms. The summed E-state index contributed by atoms with van der Waals surface area (Å²) in [5, 5.41) is 8.64. The van der Waals surface area contributed by atoms with Crippen LogP contribution in [0.2, 0.25) is 0 Å². The van der Waals surface area contributed by atoms with Gasteiger partial charge < -0.3 is 5.32 Å². The van der Waals surface area contributed by atoms with E-state index in [0.717, 1.165) is 52.1 Å². The van der Waals surface area contributed by atoms with Crippen LogP contribution in [0.4, 0.5) is 5.69 Å². The van der Waals surface area contributed by atoms with Crippen LogP contribution in [0.3, 0.4) is 0 Å². The molecule has 0 atom stereocenters. The number of carbonyl (C=O) groups is 1. The number of nitrogens with zero attached hydrogens (tertiary/aromatic N) is 3. The lowest BCUT2D eigenvalue weighted by atomic mass is 10.1. The zero-order chi connectivity index (χ0) is 20.7. The number of fused-ring (bicyclic) bond motifs is 1. The van der Waals surface area contributed by atoms with Gasteiger partial charge in [-0.05, 0) is 56.0 Å². The van der Waals surface area contributed by atoms with Crippen molar-refractivity contribution in [2.45, 2.75) is 39.2 Å². The van der Waals surface area contributed by atoms with Crippen LogP contribution in [-0.2, 0) is 6.54 Å². The van der Waals surface area contributed by atoms with Gasteiger partial charge in [-0.15, -0.1) is 0 Å². The van der Waals surface area contributed by atoms with Crippen molar-refractivity contribution in [3.05, 3.63) is 88.7 Å². The third-order valence-electron chi connectivity index (χ3n) is 5.59. The normalized spacial score (nSPS) is 13.5. The van der Waals surface area contributed by atoms with E-state index in [1.54, 1.807) is 0 Å². The summed E-state index contributed by atoms with van der Waals surface area (Å²) in [5.74, 6) is 0.331. The van der Waals surface area contributed by atoms with Gasteiger partial charge in [0.05, 0.1) is 23.2 Å². The fourth-order valence-electron chi connectivity index (χ4n) is 3.93. The van der Waals surface area contributed by atoms with Crippen LogP contribution < -0.4 is 5.32 Å². The summed E-state index contributed by atoms with van der Waals surface area (Å²) >= 11 is 0. The van der Waals surface area contributed by atoms with Gasteiger partial charge in [0.2, 0.25) is 0 Å². The molecule has 5 rings (SSSR count). The van der Waals surface area contributed by atoms with Gasteiger partial charge >= 0.3 is 0 Å². The smallest absolute Gasteiger partial charge is 0.256 e. The number of hydrogen-bond acceptors (Lipinski definition) is 3. The molecule has 2 heterocycles. The summed E-state index contributed by atoms with van der Waals surface area (Å²) in [5.41, 5.74) is 6.32.